The highest BCUT2D eigenvalue weighted by Crippen LogP contribution is 2.52. The smallest absolute Gasteiger partial charge is 0.320 e. The van der Waals surface area contributed by atoms with Crippen LogP contribution >= 0.6 is 0 Å². The maximum Gasteiger partial charge on any atom is 0.320 e. The van der Waals surface area contributed by atoms with Crippen molar-refractivity contribution in [3.63, 3.8) is 0 Å². The molecule has 1 N–H and O–H groups in total. The predicted molar refractivity (Wildman–Crippen MR) is 60.3 cm³/mol. The first-order valence-electron chi connectivity index (χ1n) is 6.05. The van der Waals surface area contributed by atoms with Crippen LogP contribution in [0.2, 0.25) is 0 Å². The third-order valence-electron chi connectivity index (χ3n) is 4.46. The van der Waals surface area contributed by atoms with Gasteiger partial charge in [-0.3, -0.25) is 9.69 Å². The number of hydrogen-bond donors (Lipinski definition) is 1. The van der Waals surface area contributed by atoms with E-state index < -0.39 is 5.97 Å². The average molecular weight is 227 g/mol. The second-order valence-electron chi connectivity index (χ2n) is 5.31. The van der Waals surface area contributed by atoms with Crippen molar-refractivity contribution in [3.8, 4) is 0 Å². The highest BCUT2D eigenvalue weighted by molar-refractivity contribution is 5.72. The van der Waals surface area contributed by atoms with E-state index in [1.165, 1.54) is 19.3 Å². The van der Waals surface area contributed by atoms with Crippen molar-refractivity contribution >= 4 is 5.97 Å². The van der Waals surface area contributed by atoms with Crippen LogP contribution in [0.1, 0.15) is 26.2 Å². The van der Waals surface area contributed by atoms with Gasteiger partial charge < -0.3 is 9.84 Å². The van der Waals surface area contributed by atoms with Crippen LogP contribution in [0.25, 0.3) is 0 Å². The van der Waals surface area contributed by atoms with Crippen molar-refractivity contribution in [3.05, 3.63) is 0 Å². The third-order valence-corrected chi connectivity index (χ3v) is 4.46. The zero-order valence-corrected chi connectivity index (χ0v) is 10.1. The lowest BCUT2D eigenvalue weighted by Gasteiger charge is -2.43. The Morgan fingerprint density at radius 2 is 2.31 bits per heavy atom. The second-order valence-corrected chi connectivity index (χ2v) is 5.31. The molecule has 1 saturated heterocycles. The Labute approximate surface area is 96.6 Å². The van der Waals surface area contributed by atoms with Crippen LogP contribution < -0.4 is 0 Å². The fraction of sp³-hybridized carbons (Fsp3) is 0.917. The molecule has 2 unspecified atom stereocenters. The normalized spacial score (nSPS) is 30.2. The summed E-state index contributed by atoms with van der Waals surface area (Å²) in [7, 11) is 1.73. The summed E-state index contributed by atoms with van der Waals surface area (Å²) < 4.78 is 5.27. The Bertz CT molecular complexity index is 275. The fourth-order valence-corrected chi connectivity index (χ4v) is 3.15. The molecule has 4 nitrogen and oxygen atoms in total. The van der Waals surface area contributed by atoms with Gasteiger partial charge in [-0.25, -0.2) is 0 Å². The van der Waals surface area contributed by atoms with Crippen LogP contribution in [-0.4, -0.2) is 48.8 Å². The summed E-state index contributed by atoms with van der Waals surface area (Å²) in [6.07, 6.45) is 3.77. The molecule has 1 aliphatic carbocycles. The van der Waals surface area contributed by atoms with E-state index in [4.69, 9.17) is 9.84 Å². The Hall–Kier alpha value is -0.610. The predicted octanol–water partition coefficient (Wildman–Crippen LogP) is 1.21. The van der Waals surface area contributed by atoms with Gasteiger partial charge in [0.05, 0.1) is 6.61 Å². The van der Waals surface area contributed by atoms with Crippen molar-refractivity contribution in [1.82, 2.24) is 4.90 Å². The Morgan fingerprint density at radius 3 is 2.75 bits per heavy atom. The van der Waals surface area contributed by atoms with Crippen molar-refractivity contribution in [2.24, 2.45) is 11.3 Å². The highest BCUT2D eigenvalue weighted by Gasteiger charge is 2.51. The topological polar surface area (TPSA) is 49.8 Å². The number of ether oxygens (including phenoxy) is 1. The van der Waals surface area contributed by atoms with Gasteiger partial charge in [0.25, 0.3) is 0 Å². The minimum Gasteiger partial charge on any atom is -0.480 e. The molecule has 0 aromatic carbocycles. The Morgan fingerprint density at radius 1 is 1.62 bits per heavy atom. The molecule has 1 saturated carbocycles. The van der Waals surface area contributed by atoms with E-state index in [2.05, 4.69) is 4.90 Å². The molecule has 1 spiro atoms. The summed E-state index contributed by atoms with van der Waals surface area (Å²) in [5.41, 5.74) is 0.361. The van der Waals surface area contributed by atoms with Crippen molar-refractivity contribution in [1.29, 1.82) is 0 Å². The third kappa shape index (κ3) is 1.84. The molecule has 92 valence electrons. The lowest BCUT2D eigenvalue weighted by molar-refractivity contribution is -0.142. The molecule has 2 atom stereocenters. The number of carboxylic acid groups (broad SMARTS) is 1. The summed E-state index contributed by atoms with van der Waals surface area (Å²) in [4.78, 5) is 13.1. The largest absolute Gasteiger partial charge is 0.480 e. The van der Waals surface area contributed by atoms with Crippen LogP contribution in [-0.2, 0) is 9.53 Å². The number of methoxy groups -OCH3 is 1. The molecule has 4 heteroatoms. The summed E-state index contributed by atoms with van der Waals surface area (Å²) >= 11 is 0. The van der Waals surface area contributed by atoms with Gasteiger partial charge in [0.15, 0.2) is 0 Å². The van der Waals surface area contributed by atoms with Gasteiger partial charge in [0, 0.05) is 26.1 Å². The molecule has 0 amide bonds. The number of hydrogen-bond acceptors (Lipinski definition) is 3. The summed E-state index contributed by atoms with van der Waals surface area (Å²) in [5.74, 6) is -0.194. The van der Waals surface area contributed by atoms with E-state index in [1.54, 1.807) is 14.0 Å². The molecular weight excluding hydrogens is 206 g/mol. The number of aliphatic carboxylic acids is 1. The van der Waals surface area contributed by atoms with Gasteiger partial charge in [0.2, 0.25) is 0 Å². The van der Waals surface area contributed by atoms with E-state index >= 15 is 0 Å². The second kappa shape index (κ2) is 4.34. The minimum absolute atomic E-state index is 0.361. The van der Waals surface area contributed by atoms with Crippen molar-refractivity contribution < 1.29 is 14.6 Å². The molecule has 0 aromatic heterocycles. The van der Waals surface area contributed by atoms with Crippen molar-refractivity contribution in [2.45, 2.75) is 32.2 Å². The molecular formula is C12H21NO3. The Kier molecular flexibility index (Phi) is 3.22. The van der Waals surface area contributed by atoms with Gasteiger partial charge >= 0.3 is 5.97 Å². The number of carbonyl (C=O) groups is 1. The quantitative estimate of drug-likeness (QED) is 0.784. The van der Waals surface area contributed by atoms with Crippen LogP contribution in [0.5, 0.6) is 0 Å². The maximum atomic E-state index is 11.0. The number of carboxylic acids is 1. The standard InChI is InChI=1S/C12H21NO3/c1-9(11(14)15)13-6-10(7-16-2)12(8-13)4-3-5-12/h9-10H,3-8H2,1-2H3,(H,14,15). The van der Waals surface area contributed by atoms with Gasteiger partial charge in [-0.05, 0) is 25.2 Å². The summed E-state index contributed by atoms with van der Waals surface area (Å²) in [5, 5.41) is 9.05. The molecule has 0 bridgehead atoms. The van der Waals surface area contributed by atoms with Crippen molar-refractivity contribution in [2.75, 3.05) is 26.8 Å². The lowest BCUT2D eigenvalue weighted by atomic mass is 9.63. The average Bonchev–Trinajstić information content (AvgIpc) is 2.56. The van der Waals surface area contributed by atoms with Crippen LogP contribution in [0.15, 0.2) is 0 Å². The van der Waals surface area contributed by atoms with Gasteiger partial charge in [-0.2, -0.15) is 0 Å². The zero-order chi connectivity index (χ0) is 11.8. The van der Waals surface area contributed by atoms with Crippen LogP contribution in [0.3, 0.4) is 0 Å². The number of nitrogens with zero attached hydrogens (tertiary/aromatic N) is 1. The molecule has 0 radical (unpaired) electrons. The fourth-order valence-electron chi connectivity index (χ4n) is 3.15. The first-order valence-corrected chi connectivity index (χ1v) is 6.05. The SMILES string of the molecule is COCC1CN(C(C)C(=O)O)CC12CCC2. The van der Waals surface area contributed by atoms with Gasteiger partial charge in [0.1, 0.15) is 6.04 Å². The Balaban J connectivity index is 2.03. The minimum atomic E-state index is -0.715. The number of likely N-dealkylation sites (tertiary alicyclic amines) is 1. The van der Waals surface area contributed by atoms with Gasteiger partial charge in [-0.15, -0.1) is 0 Å². The molecule has 2 aliphatic rings. The first kappa shape index (κ1) is 11.9. The van der Waals surface area contributed by atoms with E-state index in [0.29, 0.717) is 11.3 Å². The summed E-state index contributed by atoms with van der Waals surface area (Å²) in [6, 6.07) is -0.362. The molecule has 1 aliphatic heterocycles. The summed E-state index contributed by atoms with van der Waals surface area (Å²) in [6.45, 7) is 4.36. The molecule has 1 heterocycles. The maximum absolute atomic E-state index is 11.0. The molecule has 2 fully saturated rings. The van der Waals surface area contributed by atoms with E-state index in [9.17, 15) is 4.79 Å². The van der Waals surface area contributed by atoms with E-state index in [-0.39, 0.29) is 6.04 Å². The molecule has 0 aromatic rings. The molecule has 16 heavy (non-hydrogen) atoms. The zero-order valence-electron chi connectivity index (χ0n) is 10.1. The first-order chi connectivity index (χ1) is 7.59. The van der Waals surface area contributed by atoms with Crippen LogP contribution in [0.4, 0.5) is 0 Å². The van der Waals surface area contributed by atoms with E-state index in [1.807, 2.05) is 0 Å². The van der Waals surface area contributed by atoms with Gasteiger partial charge in [-0.1, -0.05) is 6.42 Å². The lowest BCUT2D eigenvalue weighted by Crippen LogP contribution is -2.41. The highest BCUT2D eigenvalue weighted by atomic mass is 16.5. The van der Waals surface area contributed by atoms with Crippen LogP contribution in [0, 0.1) is 11.3 Å². The number of rotatable bonds is 4. The molecule has 2 rings (SSSR count). The monoisotopic (exact) mass is 227 g/mol. The van der Waals surface area contributed by atoms with E-state index in [0.717, 1.165) is 19.7 Å².